The lowest BCUT2D eigenvalue weighted by molar-refractivity contribution is -0.139. The van der Waals surface area contributed by atoms with E-state index in [-0.39, 0.29) is 30.8 Å². The Morgan fingerprint density at radius 3 is 2.36 bits per heavy atom. The van der Waals surface area contributed by atoms with E-state index >= 15 is 0 Å². The van der Waals surface area contributed by atoms with Gasteiger partial charge < -0.3 is 14.7 Å². The first-order valence-electron chi connectivity index (χ1n) is 12.0. The van der Waals surface area contributed by atoms with E-state index in [0.717, 1.165) is 51.0 Å². The molecule has 0 aliphatic heterocycles. The van der Waals surface area contributed by atoms with Crippen molar-refractivity contribution in [2.45, 2.75) is 85.2 Å². The Labute approximate surface area is 196 Å². The molecule has 2 atom stereocenters. The number of benzene rings is 1. The Hall–Kier alpha value is -2.02. The van der Waals surface area contributed by atoms with E-state index in [1.165, 1.54) is 12.5 Å². The van der Waals surface area contributed by atoms with Gasteiger partial charge in [0.1, 0.15) is 11.5 Å². The molecule has 1 N–H and O–H groups in total. The second-order valence-corrected chi connectivity index (χ2v) is 8.58. The predicted molar refractivity (Wildman–Crippen MR) is 127 cm³/mol. The maximum atomic E-state index is 13.6. The maximum absolute atomic E-state index is 13.6. The van der Waals surface area contributed by atoms with Crippen molar-refractivity contribution < 1.29 is 27.9 Å². The van der Waals surface area contributed by atoms with Gasteiger partial charge in [-0.2, -0.15) is 13.2 Å². The minimum atomic E-state index is -4.54. The summed E-state index contributed by atoms with van der Waals surface area (Å²) in [6.45, 7) is 11.8. The minimum Gasteiger partial charge on any atom is -0.493 e. The maximum Gasteiger partial charge on any atom is 0.419 e. The van der Waals surface area contributed by atoms with Crippen LogP contribution in [-0.4, -0.2) is 24.0 Å². The lowest BCUT2D eigenvalue weighted by Crippen LogP contribution is -2.18. The van der Waals surface area contributed by atoms with E-state index in [4.69, 9.17) is 9.57 Å². The molecule has 1 aromatic carbocycles. The Bertz CT molecular complexity index is 747. The number of oxime groups is 1. The van der Waals surface area contributed by atoms with E-state index in [2.05, 4.69) is 18.7 Å². The second kappa shape index (κ2) is 15.0. The van der Waals surface area contributed by atoms with E-state index < -0.39 is 11.7 Å². The molecule has 4 nitrogen and oxygen atoms in total. The molecule has 188 valence electrons. The number of halogens is 3. The molecular weight excluding hydrogens is 431 g/mol. The molecule has 0 amide bonds. The van der Waals surface area contributed by atoms with E-state index in [9.17, 15) is 18.3 Å². The average Bonchev–Trinajstić information content (AvgIpc) is 2.79. The van der Waals surface area contributed by atoms with Gasteiger partial charge in [0.05, 0.1) is 17.9 Å². The fraction of sp³-hybridized carbons (Fsp3) is 0.654. The van der Waals surface area contributed by atoms with Gasteiger partial charge in [-0.1, -0.05) is 71.0 Å². The highest BCUT2D eigenvalue weighted by Crippen LogP contribution is 2.37. The van der Waals surface area contributed by atoms with Crippen LogP contribution in [-0.2, 0) is 11.0 Å². The lowest BCUT2D eigenvalue weighted by atomic mass is 9.89. The van der Waals surface area contributed by atoms with E-state index in [0.29, 0.717) is 17.0 Å². The number of aliphatic hydroxyl groups is 1. The molecule has 0 spiro atoms. The van der Waals surface area contributed by atoms with Gasteiger partial charge in [-0.3, -0.25) is 0 Å². The highest BCUT2D eigenvalue weighted by atomic mass is 19.4. The zero-order chi connectivity index (χ0) is 24.9. The molecule has 1 aromatic rings. The molecule has 1 rings (SSSR count). The third-order valence-corrected chi connectivity index (χ3v) is 5.87. The topological polar surface area (TPSA) is 51.0 Å². The van der Waals surface area contributed by atoms with Crippen LogP contribution in [0.5, 0.6) is 5.75 Å². The van der Waals surface area contributed by atoms with Crippen LogP contribution in [0.4, 0.5) is 13.2 Å². The molecule has 33 heavy (non-hydrogen) atoms. The van der Waals surface area contributed by atoms with Crippen LogP contribution < -0.4 is 4.74 Å². The number of aliphatic hydroxyl groups excluding tert-OH is 1. The summed E-state index contributed by atoms with van der Waals surface area (Å²) in [7, 11) is 0. The Kier molecular flexibility index (Phi) is 13.2. The van der Waals surface area contributed by atoms with Crippen LogP contribution in [0.3, 0.4) is 0 Å². The minimum absolute atomic E-state index is 0.00193. The van der Waals surface area contributed by atoms with Gasteiger partial charge in [0.2, 0.25) is 0 Å². The van der Waals surface area contributed by atoms with Gasteiger partial charge in [-0.15, -0.1) is 0 Å². The third kappa shape index (κ3) is 10.2. The van der Waals surface area contributed by atoms with Gasteiger partial charge in [0.25, 0.3) is 0 Å². The smallest absolute Gasteiger partial charge is 0.419 e. The van der Waals surface area contributed by atoms with Crippen molar-refractivity contribution in [3.8, 4) is 5.75 Å². The van der Waals surface area contributed by atoms with Crippen LogP contribution in [0, 0.1) is 11.8 Å². The van der Waals surface area contributed by atoms with Gasteiger partial charge in [-0.05, 0) is 49.4 Å². The molecule has 0 radical (unpaired) electrons. The number of hydrogen-bond acceptors (Lipinski definition) is 4. The summed E-state index contributed by atoms with van der Waals surface area (Å²) < 4.78 is 46.4. The zero-order valence-corrected chi connectivity index (χ0v) is 20.5. The van der Waals surface area contributed by atoms with Crippen LogP contribution >= 0.6 is 0 Å². The first-order chi connectivity index (χ1) is 15.6. The molecule has 0 aromatic heterocycles. The van der Waals surface area contributed by atoms with Gasteiger partial charge in [0.15, 0.2) is 0 Å². The predicted octanol–water partition coefficient (Wildman–Crippen LogP) is 7.74. The number of ether oxygens (including phenoxy) is 1. The fourth-order valence-electron chi connectivity index (χ4n) is 3.56. The van der Waals surface area contributed by atoms with Crippen LogP contribution in [0.2, 0.25) is 0 Å². The standard InChI is InChI=1S/C26H40F3NO3/c1-6-8-9-10-11-12-16-32-25-15-14-22(17-24(25)26(27,28)29)20(4)30-33-21(5)19(3)23(18-31)13-7-2/h14-15,17,19,23,31H,5-13,16,18H2,1-4H3/b30-20+/t19-,23-/m1/s1. The largest absolute Gasteiger partial charge is 0.493 e. The first-order valence-corrected chi connectivity index (χ1v) is 12.0. The highest BCUT2D eigenvalue weighted by Gasteiger charge is 2.35. The quantitative estimate of drug-likeness (QED) is 0.116. The molecule has 0 saturated carbocycles. The van der Waals surface area contributed by atoms with Crippen molar-refractivity contribution in [3.05, 3.63) is 41.7 Å². The molecule has 0 unspecified atom stereocenters. The fourth-order valence-corrected chi connectivity index (χ4v) is 3.56. The Morgan fingerprint density at radius 1 is 1.09 bits per heavy atom. The monoisotopic (exact) mass is 471 g/mol. The summed E-state index contributed by atoms with van der Waals surface area (Å²) in [5, 5.41) is 13.5. The summed E-state index contributed by atoms with van der Waals surface area (Å²) in [6, 6.07) is 3.93. The molecular formula is C26H40F3NO3. The second-order valence-electron chi connectivity index (χ2n) is 8.58. The normalized spacial score (nSPS) is 14.1. The Balaban J connectivity index is 2.83. The molecule has 0 heterocycles. The van der Waals surface area contributed by atoms with Crippen LogP contribution in [0.25, 0.3) is 0 Å². The molecule has 0 fully saturated rings. The van der Waals surface area contributed by atoms with Crippen LogP contribution in [0.15, 0.2) is 35.7 Å². The molecule has 0 saturated heterocycles. The zero-order valence-electron chi connectivity index (χ0n) is 20.5. The van der Waals surface area contributed by atoms with Crippen molar-refractivity contribution in [2.75, 3.05) is 13.2 Å². The summed E-state index contributed by atoms with van der Waals surface area (Å²) >= 11 is 0. The van der Waals surface area contributed by atoms with Crippen molar-refractivity contribution >= 4 is 5.71 Å². The average molecular weight is 472 g/mol. The summed E-state index contributed by atoms with van der Waals surface area (Å²) in [4.78, 5) is 5.39. The first kappa shape index (κ1) is 29.0. The van der Waals surface area contributed by atoms with Crippen molar-refractivity contribution in [2.24, 2.45) is 17.0 Å². The summed E-state index contributed by atoms with van der Waals surface area (Å²) in [6.07, 6.45) is 3.41. The number of alkyl halides is 3. The molecule has 7 heteroatoms. The number of nitrogens with zero attached hydrogens (tertiary/aromatic N) is 1. The van der Waals surface area contributed by atoms with Gasteiger partial charge >= 0.3 is 6.18 Å². The SMILES string of the molecule is C=C(O/N=C(\C)c1ccc(OCCCCCCCC)c(C(F)(F)F)c1)[C@@H](C)[C@@H](CO)CCC. The summed E-state index contributed by atoms with van der Waals surface area (Å²) in [5.74, 6) is 0.0709. The van der Waals surface area contributed by atoms with E-state index in [1.54, 1.807) is 13.0 Å². The molecule has 0 aliphatic carbocycles. The van der Waals surface area contributed by atoms with E-state index in [1.807, 2.05) is 13.8 Å². The van der Waals surface area contributed by atoms with Gasteiger partial charge in [-0.25, -0.2) is 0 Å². The van der Waals surface area contributed by atoms with Crippen molar-refractivity contribution in [1.82, 2.24) is 0 Å². The third-order valence-electron chi connectivity index (χ3n) is 5.87. The Morgan fingerprint density at radius 2 is 1.76 bits per heavy atom. The van der Waals surface area contributed by atoms with Crippen molar-refractivity contribution in [1.29, 1.82) is 0 Å². The number of allylic oxidation sites excluding steroid dienone is 1. The summed E-state index contributed by atoms with van der Waals surface area (Å²) in [5.41, 5.74) is -0.231. The van der Waals surface area contributed by atoms with Crippen LogP contribution in [0.1, 0.15) is 90.2 Å². The highest BCUT2D eigenvalue weighted by molar-refractivity contribution is 5.98. The number of hydrogen-bond donors (Lipinski definition) is 1. The van der Waals surface area contributed by atoms with Gasteiger partial charge in [0, 0.05) is 12.5 Å². The number of rotatable bonds is 16. The molecule has 0 aliphatic rings. The number of unbranched alkanes of at least 4 members (excludes halogenated alkanes) is 5. The molecule has 0 bridgehead atoms. The van der Waals surface area contributed by atoms with Crippen molar-refractivity contribution in [3.63, 3.8) is 0 Å². The lowest BCUT2D eigenvalue weighted by Gasteiger charge is -2.21.